The predicted octanol–water partition coefficient (Wildman–Crippen LogP) is 3.62. The third-order valence-corrected chi connectivity index (χ3v) is 5.26. The number of hydrogen-bond donors (Lipinski definition) is 1. The number of nitrogens with one attached hydrogen (secondary N) is 1. The second kappa shape index (κ2) is 8.01. The molecule has 1 fully saturated rings. The van der Waals surface area contributed by atoms with Gasteiger partial charge in [-0.05, 0) is 50.6 Å². The van der Waals surface area contributed by atoms with Gasteiger partial charge in [0.25, 0.3) is 0 Å². The summed E-state index contributed by atoms with van der Waals surface area (Å²) in [5.41, 5.74) is 3.40. The molecule has 5 heteroatoms. The fourth-order valence-corrected chi connectivity index (χ4v) is 3.79. The zero-order valence-electron chi connectivity index (χ0n) is 15.7. The molecular weight excluding hydrogens is 340 g/mol. The molecule has 0 bridgehead atoms. The Morgan fingerprint density at radius 3 is 2.63 bits per heavy atom. The number of piperidine rings is 1. The van der Waals surface area contributed by atoms with E-state index in [9.17, 15) is 4.79 Å². The summed E-state index contributed by atoms with van der Waals surface area (Å²) >= 11 is 0. The monoisotopic (exact) mass is 366 g/mol. The van der Waals surface area contributed by atoms with Crippen molar-refractivity contribution >= 4 is 11.6 Å². The average Bonchev–Trinajstić information content (AvgIpc) is 2.68. The van der Waals surface area contributed by atoms with E-state index in [4.69, 9.17) is 9.47 Å². The van der Waals surface area contributed by atoms with Crippen molar-refractivity contribution in [1.82, 2.24) is 4.90 Å². The highest BCUT2D eigenvalue weighted by Crippen LogP contribution is 2.33. The third-order valence-electron chi connectivity index (χ3n) is 5.26. The van der Waals surface area contributed by atoms with Crippen LogP contribution < -0.4 is 14.8 Å². The second-order valence-electron chi connectivity index (χ2n) is 7.39. The van der Waals surface area contributed by atoms with E-state index in [-0.39, 0.29) is 11.8 Å². The summed E-state index contributed by atoms with van der Waals surface area (Å²) in [7, 11) is 0. The molecule has 0 aromatic heterocycles. The summed E-state index contributed by atoms with van der Waals surface area (Å²) in [5, 5.41) is 3.04. The van der Waals surface area contributed by atoms with Crippen molar-refractivity contribution in [3.8, 4) is 11.5 Å². The van der Waals surface area contributed by atoms with Crippen LogP contribution in [0.15, 0.2) is 42.5 Å². The Bertz CT molecular complexity index is 813. The molecule has 1 N–H and O–H groups in total. The maximum Gasteiger partial charge on any atom is 0.227 e. The van der Waals surface area contributed by atoms with Crippen molar-refractivity contribution in [3.63, 3.8) is 0 Å². The molecule has 1 amide bonds. The van der Waals surface area contributed by atoms with Crippen LogP contribution in [-0.4, -0.2) is 37.1 Å². The lowest BCUT2D eigenvalue weighted by molar-refractivity contribution is -0.121. The van der Waals surface area contributed by atoms with E-state index in [0.29, 0.717) is 19.0 Å². The predicted molar refractivity (Wildman–Crippen MR) is 105 cm³/mol. The quantitative estimate of drug-likeness (QED) is 0.898. The van der Waals surface area contributed by atoms with Crippen molar-refractivity contribution in [2.75, 3.05) is 31.6 Å². The Balaban J connectivity index is 1.29. The minimum absolute atomic E-state index is 0.0620. The van der Waals surface area contributed by atoms with Gasteiger partial charge in [0, 0.05) is 24.2 Å². The van der Waals surface area contributed by atoms with Crippen molar-refractivity contribution < 1.29 is 14.3 Å². The number of carbonyl (C=O) groups excluding carboxylic acids is 1. The number of amides is 1. The standard InChI is InChI=1S/C22H26N2O3/c1-16-3-2-4-17(13-16)15-24-9-7-18(8-10-24)22(25)23-19-5-6-20-21(14-19)27-12-11-26-20/h2-6,13-14,18H,7-12,15H2,1H3,(H,23,25). The molecule has 0 spiro atoms. The van der Waals surface area contributed by atoms with E-state index in [0.717, 1.165) is 43.9 Å². The number of aryl methyl sites for hydroxylation is 1. The van der Waals surface area contributed by atoms with Gasteiger partial charge in [-0.3, -0.25) is 9.69 Å². The van der Waals surface area contributed by atoms with Crippen LogP contribution in [0.1, 0.15) is 24.0 Å². The molecule has 2 aromatic carbocycles. The average molecular weight is 366 g/mol. The zero-order valence-corrected chi connectivity index (χ0v) is 15.7. The summed E-state index contributed by atoms with van der Waals surface area (Å²) in [6.45, 7) is 6.10. The number of nitrogens with zero attached hydrogens (tertiary/aromatic N) is 1. The Kier molecular flexibility index (Phi) is 5.30. The largest absolute Gasteiger partial charge is 0.486 e. The number of hydrogen-bond acceptors (Lipinski definition) is 4. The second-order valence-corrected chi connectivity index (χ2v) is 7.39. The van der Waals surface area contributed by atoms with Crippen LogP contribution in [0.4, 0.5) is 5.69 Å². The van der Waals surface area contributed by atoms with E-state index >= 15 is 0 Å². The molecule has 2 aliphatic rings. The van der Waals surface area contributed by atoms with E-state index in [1.807, 2.05) is 18.2 Å². The van der Waals surface area contributed by atoms with Crippen LogP contribution in [0.2, 0.25) is 0 Å². The van der Waals surface area contributed by atoms with Gasteiger partial charge >= 0.3 is 0 Å². The molecule has 1 saturated heterocycles. The fourth-order valence-electron chi connectivity index (χ4n) is 3.79. The first-order chi connectivity index (χ1) is 13.2. The number of likely N-dealkylation sites (tertiary alicyclic amines) is 1. The van der Waals surface area contributed by atoms with Gasteiger partial charge in [0.15, 0.2) is 11.5 Å². The lowest BCUT2D eigenvalue weighted by Gasteiger charge is -2.31. The normalized spacial score (nSPS) is 17.5. The van der Waals surface area contributed by atoms with Crippen LogP contribution in [0, 0.1) is 12.8 Å². The van der Waals surface area contributed by atoms with Gasteiger partial charge in [0.2, 0.25) is 5.91 Å². The van der Waals surface area contributed by atoms with Crippen molar-refractivity contribution in [2.24, 2.45) is 5.92 Å². The summed E-state index contributed by atoms with van der Waals surface area (Å²) in [5.74, 6) is 1.60. The molecule has 2 heterocycles. The first-order valence-corrected chi connectivity index (χ1v) is 9.66. The highest BCUT2D eigenvalue weighted by atomic mass is 16.6. The smallest absolute Gasteiger partial charge is 0.227 e. The number of rotatable bonds is 4. The summed E-state index contributed by atoms with van der Waals surface area (Å²) in [6.07, 6.45) is 1.78. The molecule has 0 aliphatic carbocycles. The molecule has 5 nitrogen and oxygen atoms in total. The van der Waals surface area contributed by atoms with E-state index in [1.54, 1.807) is 0 Å². The van der Waals surface area contributed by atoms with E-state index in [2.05, 4.69) is 41.4 Å². The number of carbonyl (C=O) groups is 1. The van der Waals surface area contributed by atoms with Crippen LogP contribution in [0.5, 0.6) is 11.5 Å². The summed E-state index contributed by atoms with van der Waals surface area (Å²) < 4.78 is 11.1. The summed E-state index contributed by atoms with van der Waals surface area (Å²) in [4.78, 5) is 15.1. The molecule has 0 radical (unpaired) electrons. The minimum atomic E-state index is 0.0620. The van der Waals surface area contributed by atoms with Gasteiger partial charge in [-0.2, -0.15) is 0 Å². The van der Waals surface area contributed by atoms with Gasteiger partial charge in [-0.25, -0.2) is 0 Å². The van der Waals surface area contributed by atoms with Gasteiger partial charge in [-0.1, -0.05) is 29.8 Å². The Labute approximate surface area is 160 Å². The molecule has 0 unspecified atom stereocenters. The molecule has 27 heavy (non-hydrogen) atoms. The fraction of sp³-hybridized carbons (Fsp3) is 0.409. The van der Waals surface area contributed by atoms with Gasteiger partial charge < -0.3 is 14.8 Å². The van der Waals surface area contributed by atoms with E-state index < -0.39 is 0 Å². The number of benzene rings is 2. The molecule has 4 rings (SSSR count). The van der Waals surface area contributed by atoms with Crippen LogP contribution >= 0.6 is 0 Å². The molecule has 142 valence electrons. The maximum absolute atomic E-state index is 12.6. The number of ether oxygens (including phenoxy) is 2. The van der Waals surface area contributed by atoms with Crippen LogP contribution in [0.25, 0.3) is 0 Å². The topological polar surface area (TPSA) is 50.8 Å². The maximum atomic E-state index is 12.6. The van der Waals surface area contributed by atoms with Crippen LogP contribution in [-0.2, 0) is 11.3 Å². The Hall–Kier alpha value is -2.53. The number of fused-ring (bicyclic) bond motifs is 1. The molecular formula is C22H26N2O3. The van der Waals surface area contributed by atoms with Crippen LogP contribution in [0.3, 0.4) is 0 Å². The highest BCUT2D eigenvalue weighted by molar-refractivity contribution is 5.93. The Morgan fingerprint density at radius 1 is 1.07 bits per heavy atom. The van der Waals surface area contributed by atoms with E-state index in [1.165, 1.54) is 11.1 Å². The number of anilines is 1. The summed E-state index contributed by atoms with van der Waals surface area (Å²) in [6, 6.07) is 14.2. The minimum Gasteiger partial charge on any atom is -0.486 e. The molecule has 0 saturated carbocycles. The van der Waals surface area contributed by atoms with Gasteiger partial charge in [0.05, 0.1) is 0 Å². The SMILES string of the molecule is Cc1cccc(CN2CCC(C(=O)Nc3ccc4c(c3)OCCO4)CC2)c1. The van der Waals surface area contributed by atoms with Gasteiger partial charge in [-0.15, -0.1) is 0 Å². The first-order valence-electron chi connectivity index (χ1n) is 9.66. The lowest BCUT2D eigenvalue weighted by atomic mass is 9.95. The van der Waals surface area contributed by atoms with Crippen molar-refractivity contribution in [2.45, 2.75) is 26.3 Å². The first kappa shape index (κ1) is 17.9. The third kappa shape index (κ3) is 4.42. The van der Waals surface area contributed by atoms with Crippen molar-refractivity contribution in [3.05, 3.63) is 53.6 Å². The van der Waals surface area contributed by atoms with Gasteiger partial charge in [0.1, 0.15) is 13.2 Å². The molecule has 2 aliphatic heterocycles. The molecule has 2 aromatic rings. The molecule has 0 atom stereocenters. The highest BCUT2D eigenvalue weighted by Gasteiger charge is 2.25. The van der Waals surface area contributed by atoms with Crippen molar-refractivity contribution in [1.29, 1.82) is 0 Å². The zero-order chi connectivity index (χ0) is 18.6. The lowest BCUT2D eigenvalue weighted by Crippen LogP contribution is -2.37. The Morgan fingerprint density at radius 2 is 1.85 bits per heavy atom.